The molecule has 0 spiro atoms. The number of nitrogens with zero attached hydrogens (tertiary/aromatic N) is 1. The standard InChI is InChI=1S/C22H28N4O3/c1-16(27)26-22(18-7-11-24-12-8-18,25-13-6-17-4-9-23-10-5-17)19-2-3-20-21(14-19)29-15-28-20/h2-3,7-8,11-12,14,17,23,25H,4-6,9-10,13,15H2,1H3,(H,26,27). The van der Waals surface area contributed by atoms with Gasteiger partial charge in [-0.2, -0.15) is 0 Å². The summed E-state index contributed by atoms with van der Waals surface area (Å²) in [6.07, 6.45) is 6.92. The van der Waals surface area contributed by atoms with E-state index >= 15 is 0 Å². The Hall–Kier alpha value is -2.64. The van der Waals surface area contributed by atoms with Gasteiger partial charge in [0.1, 0.15) is 5.66 Å². The van der Waals surface area contributed by atoms with Crippen molar-refractivity contribution in [2.75, 3.05) is 26.4 Å². The molecule has 3 N–H and O–H groups in total. The Kier molecular flexibility index (Phi) is 5.97. The summed E-state index contributed by atoms with van der Waals surface area (Å²) in [6.45, 7) is 4.69. The molecule has 0 saturated carbocycles. The molecule has 0 bridgehead atoms. The Balaban J connectivity index is 1.66. The predicted octanol–water partition coefficient (Wildman–Crippen LogP) is 2.13. The first-order valence-corrected chi connectivity index (χ1v) is 10.2. The zero-order chi connectivity index (χ0) is 20.1. The number of carbonyl (C=O) groups is 1. The molecular formula is C22H28N4O3. The average molecular weight is 396 g/mol. The highest BCUT2D eigenvalue weighted by atomic mass is 16.7. The molecule has 2 aromatic rings. The number of aromatic nitrogens is 1. The van der Waals surface area contributed by atoms with Gasteiger partial charge in [-0.1, -0.05) is 6.07 Å². The van der Waals surface area contributed by atoms with Crippen LogP contribution in [-0.2, 0) is 10.5 Å². The fourth-order valence-electron chi connectivity index (χ4n) is 4.19. The van der Waals surface area contributed by atoms with Crippen molar-refractivity contribution in [1.29, 1.82) is 0 Å². The maximum absolute atomic E-state index is 12.3. The first-order chi connectivity index (χ1) is 14.2. The van der Waals surface area contributed by atoms with Crippen molar-refractivity contribution in [3.63, 3.8) is 0 Å². The highest BCUT2D eigenvalue weighted by molar-refractivity contribution is 5.75. The van der Waals surface area contributed by atoms with E-state index in [0.717, 1.165) is 42.9 Å². The second kappa shape index (κ2) is 8.80. The molecule has 1 atom stereocenters. The van der Waals surface area contributed by atoms with Gasteiger partial charge in [-0.05, 0) is 74.6 Å². The summed E-state index contributed by atoms with van der Waals surface area (Å²) in [5.41, 5.74) is 0.947. The Morgan fingerprint density at radius 2 is 1.90 bits per heavy atom. The molecule has 1 fully saturated rings. The Bertz CT molecular complexity index is 839. The first kappa shape index (κ1) is 19.7. The van der Waals surface area contributed by atoms with E-state index < -0.39 is 5.66 Å². The Morgan fingerprint density at radius 1 is 1.14 bits per heavy atom. The summed E-state index contributed by atoms with van der Waals surface area (Å²) in [5.74, 6) is 1.98. The second-order valence-electron chi connectivity index (χ2n) is 7.64. The third kappa shape index (κ3) is 4.36. The predicted molar refractivity (Wildman–Crippen MR) is 110 cm³/mol. The van der Waals surface area contributed by atoms with Crippen molar-refractivity contribution in [3.8, 4) is 11.5 Å². The fraction of sp³-hybridized carbons (Fsp3) is 0.455. The van der Waals surface area contributed by atoms with E-state index in [-0.39, 0.29) is 12.7 Å². The maximum atomic E-state index is 12.3. The highest BCUT2D eigenvalue weighted by Crippen LogP contribution is 2.37. The average Bonchev–Trinajstić information content (AvgIpc) is 3.22. The molecule has 1 saturated heterocycles. The molecule has 29 heavy (non-hydrogen) atoms. The quantitative estimate of drug-likeness (QED) is 0.622. The number of amides is 1. The molecule has 0 aliphatic carbocycles. The van der Waals surface area contributed by atoms with Gasteiger partial charge >= 0.3 is 0 Å². The number of benzene rings is 1. The molecule has 7 heteroatoms. The zero-order valence-electron chi connectivity index (χ0n) is 16.7. The normalized spacial score (nSPS) is 18.2. The molecule has 4 rings (SSSR count). The van der Waals surface area contributed by atoms with Crippen molar-refractivity contribution < 1.29 is 14.3 Å². The van der Waals surface area contributed by atoms with Gasteiger partial charge in [0.25, 0.3) is 0 Å². The molecule has 3 heterocycles. The van der Waals surface area contributed by atoms with Crippen molar-refractivity contribution >= 4 is 5.91 Å². The van der Waals surface area contributed by atoms with Gasteiger partial charge < -0.3 is 20.1 Å². The van der Waals surface area contributed by atoms with Crippen LogP contribution in [-0.4, -0.2) is 37.3 Å². The van der Waals surface area contributed by atoms with E-state index in [1.807, 2.05) is 30.3 Å². The van der Waals surface area contributed by atoms with Crippen molar-refractivity contribution in [1.82, 2.24) is 20.9 Å². The van der Waals surface area contributed by atoms with Crippen LogP contribution < -0.4 is 25.4 Å². The van der Waals surface area contributed by atoms with Gasteiger partial charge in [0.05, 0.1) is 0 Å². The van der Waals surface area contributed by atoms with Gasteiger partial charge in [-0.15, -0.1) is 0 Å². The van der Waals surface area contributed by atoms with Crippen LogP contribution >= 0.6 is 0 Å². The maximum Gasteiger partial charge on any atom is 0.231 e. The molecule has 2 aliphatic rings. The molecule has 7 nitrogen and oxygen atoms in total. The van der Waals surface area contributed by atoms with E-state index in [4.69, 9.17) is 9.47 Å². The van der Waals surface area contributed by atoms with Gasteiger partial charge in [0.15, 0.2) is 11.5 Å². The van der Waals surface area contributed by atoms with Crippen molar-refractivity contribution in [2.45, 2.75) is 31.8 Å². The first-order valence-electron chi connectivity index (χ1n) is 10.2. The smallest absolute Gasteiger partial charge is 0.231 e. The second-order valence-corrected chi connectivity index (χ2v) is 7.64. The van der Waals surface area contributed by atoms with Gasteiger partial charge in [-0.3, -0.25) is 15.1 Å². The zero-order valence-corrected chi connectivity index (χ0v) is 16.7. The summed E-state index contributed by atoms with van der Waals surface area (Å²) in [6, 6.07) is 9.66. The van der Waals surface area contributed by atoms with Crippen LogP contribution in [0.15, 0.2) is 42.7 Å². The molecule has 1 aromatic carbocycles. The van der Waals surface area contributed by atoms with E-state index in [2.05, 4.69) is 20.9 Å². The van der Waals surface area contributed by atoms with Crippen LogP contribution in [0.2, 0.25) is 0 Å². The summed E-state index contributed by atoms with van der Waals surface area (Å²) in [5, 5.41) is 10.2. The topological polar surface area (TPSA) is 84.5 Å². The number of rotatable bonds is 7. The van der Waals surface area contributed by atoms with Crippen molar-refractivity contribution in [3.05, 3.63) is 53.9 Å². The van der Waals surface area contributed by atoms with Crippen molar-refractivity contribution in [2.24, 2.45) is 5.92 Å². The fourth-order valence-corrected chi connectivity index (χ4v) is 4.19. The highest BCUT2D eigenvalue weighted by Gasteiger charge is 2.36. The number of nitrogens with one attached hydrogen (secondary N) is 3. The lowest BCUT2D eigenvalue weighted by molar-refractivity contribution is -0.120. The monoisotopic (exact) mass is 396 g/mol. The van der Waals surface area contributed by atoms with Crippen LogP contribution in [0.25, 0.3) is 0 Å². The van der Waals surface area contributed by atoms with Gasteiger partial charge in [0, 0.05) is 24.9 Å². The van der Waals surface area contributed by atoms with E-state index in [9.17, 15) is 4.79 Å². The lowest BCUT2D eigenvalue weighted by Crippen LogP contribution is -2.57. The minimum absolute atomic E-state index is 0.117. The number of fused-ring (bicyclic) bond motifs is 1. The number of piperidine rings is 1. The third-order valence-electron chi connectivity index (χ3n) is 5.68. The molecule has 0 radical (unpaired) electrons. The van der Waals surface area contributed by atoms with E-state index in [1.165, 1.54) is 19.8 Å². The summed E-state index contributed by atoms with van der Waals surface area (Å²) < 4.78 is 11.1. The minimum atomic E-state index is -0.872. The number of carbonyl (C=O) groups excluding carboxylic acids is 1. The lowest BCUT2D eigenvalue weighted by atomic mass is 9.89. The molecular weight excluding hydrogens is 368 g/mol. The number of pyridine rings is 1. The van der Waals surface area contributed by atoms with E-state index in [0.29, 0.717) is 11.7 Å². The SMILES string of the molecule is CC(=O)NC(NCCC1CCNCC1)(c1ccncc1)c1ccc2c(c1)OCO2. The Labute approximate surface area is 171 Å². The lowest BCUT2D eigenvalue weighted by Gasteiger charge is -2.37. The number of hydrogen-bond acceptors (Lipinski definition) is 6. The van der Waals surface area contributed by atoms with Crippen LogP contribution in [0.3, 0.4) is 0 Å². The number of ether oxygens (including phenoxy) is 2. The largest absolute Gasteiger partial charge is 0.454 e. The van der Waals surface area contributed by atoms with Crippen LogP contribution in [0.1, 0.15) is 37.3 Å². The van der Waals surface area contributed by atoms with Crippen LogP contribution in [0.5, 0.6) is 11.5 Å². The summed E-state index contributed by atoms with van der Waals surface area (Å²) in [7, 11) is 0. The van der Waals surface area contributed by atoms with Crippen LogP contribution in [0.4, 0.5) is 0 Å². The summed E-state index contributed by atoms with van der Waals surface area (Å²) >= 11 is 0. The molecule has 1 aromatic heterocycles. The summed E-state index contributed by atoms with van der Waals surface area (Å²) in [4.78, 5) is 16.4. The number of hydrogen-bond donors (Lipinski definition) is 3. The molecule has 1 unspecified atom stereocenters. The minimum Gasteiger partial charge on any atom is -0.454 e. The van der Waals surface area contributed by atoms with Gasteiger partial charge in [0.2, 0.25) is 12.7 Å². The molecule has 2 aliphatic heterocycles. The molecule has 1 amide bonds. The van der Waals surface area contributed by atoms with Gasteiger partial charge in [-0.25, -0.2) is 0 Å². The third-order valence-corrected chi connectivity index (χ3v) is 5.68. The molecule has 154 valence electrons. The van der Waals surface area contributed by atoms with Crippen LogP contribution in [0, 0.1) is 5.92 Å². The van der Waals surface area contributed by atoms with E-state index in [1.54, 1.807) is 12.4 Å². The Morgan fingerprint density at radius 3 is 2.66 bits per heavy atom.